The Morgan fingerprint density at radius 3 is 2.50 bits per heavy atom. The molecule has 4 heteroatoms. The third-order valence-corrected chi connectivity index (χ3v) is 3.18. The van der Waals surface area contributed by atoms with Crippen LogP contribution in [0.25, 0.3) is 0 Å². The highest BCUT2D eigenvalue weighted by Crippen LogP contribution is 2.25. The number of hydrogen-bond acceptors (Lipinski definition) is 2. The molecule has 0 saturated heterocycles. The van der Waals surface area contributed by atoms with Gasteiger partial charge in [0, 0.05) is 17.5 Å². The van der Waals surface area contributed by atoms with Crippen molar-refractivity contribution in [1.82, 2.24) is 5.32 Å². The first kappa shape index (κ1) is 15.7. The number of rotatable bonds is 4. The monoisotopic (exact) mass is 248 g/mol. The number of amides is 1. The number of halogens is 1. The van der Waals surface area contributed by atoms with Gasteiger partial charge in [0.15, 0.2) is 0 Å². The molecule has 1 rings (SSSR count). The second-order valence-electron chi connectivity index (χ2n) is 5.39. The first-order valence-electron chi connectivity index (χ1n) is 6.02. The average Bonchev–Trinajstić information content (AvgIpc) is 2.50. The van der Waals surface area contributed by atoms with E-state index in [1.807, 2.05) is 0 Å². The van der Waals surface area contributed by atoms with Crippen LogP contribution < -0.4 is 11.1 Å². The minimum atomic E-state index is -0.0709. The Kier molecular flexibility index (Phi) is 6.34. The molecule has 2 atom stereocenters. The molecule has 0 spiro atoms. The van der Waals surface area contributed by atoms with Crippen LogP contribution in [0.2, 0.25) is 0 Å². The number of nitrogens with two attached hydrogens (primary N) is 1. The maximum Gasteiger partial charge on any atom is 0.223 e. The Hall–Kier alpha value is -0.280. The highest BCUT2D eigenvalue weighted by atomic mass is 35.5. The maximum atomic E-state index is 11.9. The molecule has 0 aromatic carbocycles. The summed E-state index contributed by atoms with van der Waals surface area (Å²) in [6.07, 6.45) is 4.92. The molecule has 1 aliphatic rings. The molecule has 1 amide bonds. The molecule has 0 radical (unpaired) electrons. The zero-order valence-electron chi connectivity index (χ0n) is 10.6. The highest BCUT2D eigenvalue weighted by Gasteiger charge is 2.30. The molecule has 2 unspecified atom stereocenters. The summed E-state index contributed by atoms with van der Waals surface area (Å²) in [7, 11) is 0. The van der Waals surface area contributed by atoms with Crippen molar-refractivity contribution in [2.24, 2.45) is 11.7 Å². The summed E-state index contributed by atoms with van der Waals surface area (Å²) in [4.78, 5) is 11.9. The Morgan fingerprint density at radius 1 is 1.44 bits per heavy atom. The number of carbonyl (C=O) groups excluding carboxylic acids is 1. The van der Waals surface area contributed by atoms with Gasteiger partial charge < -0.3 is 11.1 Å². The molecule has 96 valence electrons. The zero-order chi connectivity index (χ0) is 11.5. The molecular weight excluding hydrogens is 224 g/mol. The van der Waals surface area contributed by atoms with Crippen molar-refractivity contribution in [2.45, 2.75) is 64.5 Å². The van der Waals surface area contributed by atoms with Gasteiger partial charge >= 0.3 is 0 Å². The van der Waals surface area contributed by atoms with E-state index in [2.05, 4.69) is 26.1 Å². The molecule has 3 N–H and O–H groups in total. The Labute approximate surface area is 105 Å². The van der Waals surface area contributed by atoms with Crippen LogP contribution in [-0.2, 0) is 4.79 Å². The van der Waals surface area contributed by atoms with Crippen molar-refractivity contribution in [3.8, 4) is 0 Å². The van der Waals surface area contributed by atoms with E-state index >= 15 is 0 Å². The summed E-state index contributed by atoms with van der Waals surface area (Å²) in [5, 5.41) is 3.13. The normalized spacial score (nSPS) is 25.0. The summed E-state index contributed by atoms with van der Waals surface area (Å²) in [5.41, 5.74) is 5.73. The van der Waals surface area contributed by atoms with Crippen LogP contribution in [0.15, 0.2) is 0 Å². The topological polar surface area (TPSA) is 55.1 Å². The molecular formula is C12H25ClN2O. The van der Waals surface area contributed by atoms with Crippen molar-refractivity contribution in [3.05, 3.63) is 0 Å². The quantitative estimate of drug-likeness (QED) is 0.802. The number of carbonyl (C=O) groups is 1. The minimum absolute atomic E-state index is 0. The largest absolute Gasteiger partial charge is 0.351 e. The predicted molar refractivity (Wildman–Crippen MR) is 69.7 cm³/mol. The molecule has 0 heterocycles. The van der Waals surface area contributed by atoms with E-state index in [-0.39, 0.29) is 35.8 Å². The average molecular weight is 249 g/mol. The fourth-order valence-electron chi connectivity index (χ4n) is 2.38. The standard InChI is InChI=1S/C12H24N2O.ClH/c1-4-7-12(2,3)14-11(15)9-5-6-10(13)8-9;/h9-10H,4-8,13H2,1-3H3,(H,14,15);1H. The van der Waals surface area contributed by atoms with Crippen molar-refractivity contribution >= 4 is 18.3 Å². The van der Waals surface area contributed by atoms with E-state index in [9.17, 15) is 4.79 Å². The van der Waals surface area contributed by atoms with Gasteiger partial charge in [-0.15, -0.1) is 12.4 Å². The van der Waals surface area contributed by atoms with Gasteiger partial charge in [-0.2, -0.15) is 0 Å². The Morgan fingerprint density at radius 2 is 2.06 bits per heavy atom. The van der Waals surface area contributed by atoms with Gasteiger partial charge in [-0.1, -0.05) is 13.3 Å². The summed E-state index contributed by atoms with van der Waals surface area (Å²) >= 11 is 0. The van der Waals surface area contributed by atoms with Crippen LogP contribution in [0.5, 0.6) is 0 Å². The highest BCUT2D eigenvalue weighted by molar-refractivity contribution is 5.85. The van der Waals surface area contributed by atoms with Crippen LogP contribution in [-0.4, -0.2) is 17.5 Å². The van der Waals surface area contributed by atoms with Crippen molar-refractivity contribution < 1.29 is 4.79 Å². The van der Waals surface area contributed by atoms with E-state index in [1.165, 1.54) is 0 Å². The van der Waals surface area contributed by atoms with Crippen LogP contribution in [0.1, 0.15) is 52.9 Å². The lowest BCUT2D eigenvalue weighted by atomic mass is 9.97. The van der Waals surface area contributed by atoms with Crippen molar-refractivity contribution in [2.75, 3.05) is 0 Å². The van der Waals surface area contributed by atoms with Gasteiger partial charge in [0.1, 0.15) is 0 Å². The Balaban J connectivity index is 0.00000225. The zero-order valence-corrected chi connectivity index (χ0v) is 11.4. The van der Waals surface area contributed by atoms with E-state index in [4.69, 9.17) is 5.73 Å². The van der Waals surface area contributed by atoms with Crippen LogP contribution in [0, 0.1) is 5.92 Å². The maximum absolute atomic E-state index is 11.9. The van der Waals surface area contributed by atoms with E-state index in [0.717, 1.165) is 32.1 Å². The van der Waals surface area contributed by atoms with Crippen molar-refractivity contribution in [3.63, 3.8) is 0 Å². The third kappa shape index (κ3) is 4.71. The summed E-state index contributed by atoms with van der Waals surface area (Å²) in [6, 6.07) is 0.232. The van der Waals surface area contributed by atoms with Gasteiger partial charge in [-0.25, -0.2) is 0 Å². The number of hydrogen-bond donors (Lipinski definition) is 2. The Bertz CT molecular complexity index is 231. The van der Waals surface area contributed by atoms with Crippen LogP contribution >= 0.6 is 12.4 Å². The molecule has 0 bridgehead atoms. The van der Waals surface area contributed by atoms with E-state index < -0.39 is 0 Å². The van der Waals surface area contributed by atoms with Crippen molar-refractivity contribution in [1.29, 1.82) is 0 Å². The van der Waals surface area contributed by atoms with Crippen LogP contribution in [0.3, 0.4) is 0 Å². The molecule has 1 aliphatic carbocycles. The molecule has 0 aromatic heterocycles. The fourth-order valence-corrected chi connectivity index (χ4v) is 2.38. The first-order chi connectivity index (χ1) is 6.94. The summed E-state index contributed by atoms with van der Waals surface area (Å²) < 4.78 is 0. The fraction of sp³-hybridized carbons (Fsp3) is 0.917. The van der Waals surface area contributed by atoms with Gasteiger partial charge in [-0.05, 0) is 39.5 Å². The van der Waals surface area contributed by atoms with Gasteiger partial charge in [0.25, 0.3) is 0 Å². The minimum Gasteiger partial charge on any atom is -0.351 e. The predicted octanol–water partition coefficient (Wildman–Crippen LogP) is 2.23. The van der Waals surface area contributed by atoms with Gasteiger partial charge in [0.05, 0.1) is 0 Å². The number of nitrogens with one attached hydrogen (secondary N) is 1. The lowest BCUT2D eigenvalue weighted by Gasteiger charge is -2.27. The summed E-state index contributed by atoms with van der Waals surface area (Å²) in [6.45, 7) is 6.31. The third-order valence-electron chi connectivity index (χ3n) is 3.18. The molecule has 1 fully saturated rings. The van der Waals surface area contributed by atoms with Gasteiger partial charge in [0.2, 0.25) is 5.91 Å². The van der Waals surface area contributed by atoms with Crippen LogP contribution in [0.4, 0.5) is 0 Å². The molecule has 0 aliphatic heterocycles. The SMILES string of the molecule is CCCC(C)(C)NC(=O)C1CCC(N)C1.Cl. The van der Waals surface area contributed by atoms with E-state index in [1.54, 1.807) is 0 Å². The lowest BCUT2D eigenvalue weighted by Crippen LogP contribution is -2.45. The smallest absolute Gasteiger partial charge is 0.223 e. The second-order valence-corrected chi connectivity index (χ2v) is 5.39. The molecule has 1 saturated carbocycles. The van der Waals surface area contributed by atoms with Gasteiger partial charge in [-0.3, -0.25) is 4.79 Å². The molecule has 3 nitrogen and oxygen atoms in total. The van der Waals surface area contributed by atoms with E-state index in [0.29, 0.717) is 0 Å². The lowest BCUT2D eigenvalue weighted by molar-refractivity contribution is -0.126. The molecule has 0 aromatic rings. The first-order valence-corrected chi connectivity index (χ1v) is 6.02. The second kappa shape index (κ2) is 6.45. The molecule has 16 heavy (non-hydrogen) atoms. The summed E-state index contributed by atoms with van der Waals surface area (Å²) in [5.74, 6) is 0.345.